The maximum Gasteiger partial charge on any atom is 0.339 e. The van der Waals surface area contributed by atoms with Gasteiger partial charge in [0.2, 0.25) is 0 Å². The Morgan fingerprint density at radius 3 is 2.48 bits per heavy atom. The largest absolute Gasteiger partial charge is 0.496 e. The average Bonchev–Trinajstić information content (AvgIpc) is 2.37. The number of aromatic nitrogens is 1. The standard InChI is InChI=1S/C16H18N2O3/c1-9-8-12(5-6-13(9)21-4)18-15-14(16(19)20)10(2)7-11(3)17-15/h5-8H,1-4H3,(H,17,18)(H,19,20). The highest BCUT2D eigenvalue weighted by molar-refractivity contribution is 5.95. The van der Waals surface area contributed by atoms with E-state index in [0.29, 0.717) is 11.4 Å². The normalized spacial score (nSPS) is 10.3. The molecule has 0 radical (unpaired) electrons. The van der Waals surface area contributed by atoms with Crippen LogP contribution >= 0.6 is 0 Å². The number of carboxylic acid groups (broad SMARTS) is 1. The number of nitrogens with zero attached hydrogens (tertiary/aromatic N) is 1. The molecule has 0 amide bonds. The van der Waals surface area contributed by atoms with Crippen molar-refractivity contribution >= 4 is 17.5 Å². The van der Waals surface area contributed by atoms with Gasteiger partial charge in [0.05, 0.1) is 7.11 Å². The van der Waals surface area contributed by atoms with Gasteiger partial charge in [0.1, 0.15) is 17.1 Å². The molecule has 0 atom stereocenters. The molecule has 0 saturated heterocycles. The fourth-order valence-corrected chi connectivity index (χ4v) is 2.29. The molecule has 2 N–H and O–H groups in total. The van der Waals surface area contributed by atoms with Crippen molar-refractivity contribution in [1.29, 1.82) is 0 Å². The van der Waals surface area contributed by atoms with Crippen molar-refractivity contribution in [2.75, 3.05) is 12.4 Å². The number of methoxy groups -OCH3 is 1. The van der Waals surface area contributed by atoms with Gasteiger partial charge < -0.3 is 15.2 Å². The summed E-state index contributed by atoms with van der Waals surface area (Å²) >= 11 is 0. The lowest BCUT2D eigenvalue weighted by Gasteiger charge is -2.13. The Kier molecular flexibility index (Phi) is 4.12. The Morgan fingerprint density at radius 2 is 1.90 bits per heavy atom. The number of hydrogen-bond donors (Lipinski definition) is 2. The molecule has 2 rings (SSSR count). The number of rotatable bonds is 4. The van der Waals surface area contributed by atoms with Crippen LogP contribution < -0.4 is 10.1 Å². The predicted octanol–water partition coefficient (Wildman–Crippen LogP) is 3.46. The van der Waals surface area contributed by atoms with Crippen LogP contribution in [0.4, 0.5) is 11.5 Å². The summed E-state index contributed by atoms with van der Waals surface area (Å²) in [5.41, 5.74) is 3.37. The Labute approximate surface area is 123 Å². The molecule has 0 fully saturated rings. The van der Waals surface area contributed by atoms with Crippen molar-refractivity contribution in [1.82, 2.24) is 4.98 Å². The van der Waals surface area contributed by atoms with Crippen molar-refractivity contribution in [3.05, 3.63) is 46.6 Å². The summed E-state index contributed by atoms with van der Waals surface area (Å²) in [5, 5.41) is 12.4. The second-order valence-corrected chi connectivity index (χ2v) is 4.92. The van der Waals surface area contributed by atoms with Gasteiger partial charge in [-0.15, -0.1) is 0 Å². The van der Waals surface area contributed by atoms with Crippen LogP contribution in [0.25, 0.3) is 0 Å². The molecule has 0 aliphatic rings. The number of benzene rings is 1. The van der Waals surface area contributed by atoms with E-state index in [2.05, 4.69) is 10.3 Å². The molecule has 0 aliphatic carbocycles. The van der Waals surface area contributed by atoms with Crippen LogP contribution in [-0.2, 0) is 0 Å². The van der Waals surface area contributed by atoms with E-state index in [0.717, 1.165) is 22.7 Å². The maximum absolute atomic E-state index is 11.4. The number of hydrogen-bond acceptors (Lipinski definition) is 4. The van der Waals surface area contributed by atoms with Crippen LogP contribution in [0.1, 0.15) is 27.2 Å². The molecule has 0 spiro atoms. The van der Waals surface area contributed by atoms with Crippen LogP contribution in [0.2, 0.25) is 0 Å². The number of nitrogens with one attached hydrogen (secondary N) is 1. The first-order valence-corrected chi connectivity index (χ1v) is 6.55. The molecule has 1 aromatic carbocycles. The summed E-state index contributed by atoms with van der Waals surface area (Å²) in [5.74, 6) is 0.143. The van der Waals surface area contributed by atoms with E-state index in [9.17, 15) is 9.90 Å². The summed E-state index contributed by atoms with van der Waals surface area (Å²) in [6, 6.07) is 7.31. The average molecular weight is 286 g/mol. The zero-order chi connectivity index (χ0) is 15.6. The van der Waals surface area contributed by atoms with Crippen molar-refractivity contribution < 1.29 is 14.6 Å². The lowest BCUT2D eigenvalue weighted by molar-refractivity contribution is 0.0697. The number of pyridine rings is 1. The van der Waals surface area contributed by atoms with Gasteiger partial charge in [-0.2, -0.15) is 0 Å². The fourth-order valence-electron chi connectivity index (χ4n) is 2.29. The lowest BCUT2D eigenvalue weighted by Crippen LogP contribution is -2.08. The van der Waals surface area contributed by atoms with Gasteiger partial charge in [0.25, 0.3) is 0 Å². The number of ether oxygens (including phenoxy) is 1. The third-order valence-corrected chi connectivity index (χ3v) is 3.22. The highest BCUT2D eigenvalue weighted by Crippen LogP contribution is 2.26. The van der Waals surface area contributed by atoms with Gasteiger partial charge in [-0.05, 0) is 56.2 Å². The van der Waals surface area contributed by atoms with Gasteiger partial charge in [0.15, 0.2) is 0 Å². The predicted molar refractivity (Wildman–Crippen MR) is 81.7 cm³/mol. The third-order valence-electron chi connectivity index (χ3n) is 3.22. The molecule has 0 bridgehead atoms. The Hall–Kier alpha value is -2.56. The van der Waals surface area contributed by atoms with Crippen molar-refractivity contribution in [3.63, 3.8) is 0 Å². The Balaban J connectivity index is 2.44. The molecule has 5 heteroatoms. The SMILES string of the molecule is COc1ccc(Nc2nc(C)cc(C)c2C(=O)O)cc1C. The van der Waals surface area contributed by atoms with E-state index in [-0.39, 0.29) is 5.56 Å². The number of carboxylic acids is 1. The van der Waals surface area contributed by atoms with Crippen molar-refractivity contribution in [2.45, 2.75) is 20.8 Å². The first-order valence-electron chi connectivity index (χ1n) is 6.55. The number of carbonyl (C=O) groups is 1. The first kappa shape index (κ1) is 14.8. The van der Waals surface area contributed by atoms with Gasteiger partial charge in [-0.25, -0.2) is 9.78 Å². The molecule has 21 heavy (non-hydrogen) atoms. The second-order valence-electron chi connectivity index (χ2n) is 4.92. The molecular weight excluding hydrogens is 268 g/mol. The minimum atomic E-state index is -0.993. The zero-order valence-electron chi connectivity index (χ0n) is 12.5. The highest BCUT2D eigenvalue weighted by Gasteiger charge is 2.16. The summed E-state index contributed by atoms with van der Waals surface area (Å²) in [7, 11) is 1.61. The smallest absolute Gasteiger partial charge is 0.339 e. The molecule has 110 valence electrons. The minimum absolute atomic E-state index is 0.189. The lowest BCUT2D eigenvalue weighted by atomic mass is 10.1. The number of anilines is 2. The van der Waals surface area contributed by atoms with E-state index in [1.54, 1.807) is 20.1 Å². The summed E-state index contributed by atoms with van der Waals surface area (Å²) in [6.07, 6.45) is 0. The van der Waals surface area contributed by atoms with Gasteiger partial charge in [0, 0.05) is 11.4 Å². The first-order chi connectivity index (χ1) is 9.92. The van der Waals surface area contributed by atoms with Crippen LogP contribution in [0.15, 0.2) is 24.3 Å². The van der Waals surface area contributed by atoms with E-state index < -0.39 is 5.97 Å². The maximum atomic E-state index is 11.4. The third kappa shape index (κ3) is 3.13. The molecule has 1 heterocycles. The summed E-state index contributed by atoms with van der Waals surface area (Å²) in [4.78, 5) is 15.7. The molecule has 2 aromatic rings. The number of aromatic carboxylic acids is 1. The van der Waals surface area contributed by atoms with Crippen molar-refractivity contribution in [2.24, 2.45) is 0 Å². The molecule has 0 saturated carbocycles. The quantitative estimate of drug-likeness (QED) is 0.900. The number of aryl methyl sites for hydroxylation is 3. The van der Waals surface area contributed by atoms with E-state index in [1.807, 2.05) is 32.0 Å². The van der Waals surface area contributed by atoms with Gasteiger partial charge in [-0.1, -0.05) is 0 Å². The highest BCUT2D eigenvalue weighted by atomic mass is 16.5. The van der Waals surface area contributed by atoms with Crippen LogP contribution in [0.5, 0.6) is 5.75 Å². The van der Waals surface area contributed by atoms with E-state index >= 15 is 0 Å². The minimum Gasteiger partial charge on any atom is -0.496 e. The van der Waals surface area contributed by atoms with Crippen LogP contribution in [0.3, 0.4) is 0 Å². The monoisotopic (exact) mass is 286 g/mol. The Morgan fingerprint density at radius 1 is 1.19 bits per heavy atom. The molecule has 0 aliphatic heterocycles. The fraction of sp³-hybridized carbons (Fsp3) is 0.250. The second kappa shape index (κ2) is 5.83. The van der Waals surface area contributed by atoms with Crippen LogP contribution in [-0.4, -0.2) is 23.2 Å². The molecule has 5 nitrogen and oxygen atoms in total. The van der Waals surface area contributed by atoms with Gasteiger partial charge in [-0.3, -0.25) is 0 Å². The van der Waals surface area contributed by atoms with E-state index in [4.69, 9.17) is 4.74 Å². The molecule has 1 aromatic heterocycles. The molecule has 0 unspecified atom stereocenters. The molecular formula is C16H18N2O3. The van der Waals surface area contributed by atoms with Crippen LogP contribution in [0, 0.1) is 20.8 Å². The van der Waals surface area contributed by atoms with Gasteiger partial charge >= 0.3 is 5.97 Å². The van der Waals surface area contributed by atoms with E-state index in [1.165, 1.54) is 0 Å². The zero-order valence-corrected chi connectivity index (χ0v) is 12.5. The summed E-state index contributed by atoms with van der Waals surface area (Å²) in [6.45, 7) is 5.53. The topological polar surface area (TPSA) is 71.5 Å². The Bertz CT molecular complexity index is 696. The van der Waals surface area contributed by atoms with Crippen molar-refractivity contribution in [3.8, 4) is 5.75 Å². The summed E-state index contributed by atoms with van der Waals surface area (Å²) < 4.78 is 5.21.